The van der Waals surface area contributed by atoms with Crippen molar-refractivity contribution in [2.75, 3.05) is 10.8 Å². The largest absolute Gasteiger partial charge is 0.486 e. The van der Waals surface area contributed by atoms with E-state index in [2.05, 4.69) is 22.3 Å². The lowest BCUT2D eigenvalue weighted by Gasteiger charge is -2.29. The molecular formula is C21H20N4O2S. The summed E-state index contributed by atoms with van der Waals surface area (Å²) >= 11 is 1.41. The Balaban J connectivity index is 1.38. The maximum atomic E-state index is 12.6. The smallest absolute Gasteiger partial charge is 0.252 e. The van der Waals surface area contributed by atoms with Crippen LogP contribution in [0.5, 0.6) is 5.75 Å². The molecule has 0 bridgehead atoms. The summed E-state index contributed by atoms with van der Waals surface area (Å²) in [7, 11) is 0. The van der Waals surface area contributed by atoms with Crippen LogP contribution in [0.2, 0.25) is 0 Å². The van der Waals surface area contributed by atoms with E-state index in [4.69, 9.17) is 4.74 Å². The zero-order valence-electron chi connectivity index (χ0n) is 15.4. The Hall–Kier alpha value is -2.80. The molecule has 142 valence electrons. The van der Waals surface area contributed by atoms with Gasteiger partial charge in [-0.05, 0) is 48.1 Å². The SMILES string of the molecule is O=C1CSc2nnc(COc3ccc4c(c3)CCC4)n2N1Cc1ccccc1. The topological polar surface area (TPSA) is 60.2 Å². The van der Waals surface area contributed by atoms with Crippen molar-refractivity contribution >= 4 is 17.7 Å². The van der Waals surface area contributed by atoms with Crippen molar-refractivity contribution < 1.29 is 9.53 Å². The number of hydrogen-bond donors (Lipinski definition) is 0. The van der Waals surface area contributed by atoms with E-state index in [-0.39, 0.29) is 12.5 Å². The molecule has 0 saturated heterocycles. The predicted octanol–water partition coefficient (Wildman–Crippen LogP) is 3.12. The number of rotatable bonds is 5. The Bertz CT molecular complexity index is 1020. The number of nitrogens with zero attached hydrogens (tertiary/aromatic N) is 4. The van der Waals surface area contributed by atoms with Crippen molar-refractivity contribution in [3.05, 3.63) is 71.0 Å². The van der Waals surface area contributed by atoms with E-state index >= 15 is 0 Å². The van der Waals surface area contributed by atoms with E-state index in [1.165, 1.54) is 29.3 Å². The average molecular weight is 392 g/mol. The Kier molecular flexibility index (Phi) is 4.52. The third kappa shape index (κ3) is 3.26. The van der Waals surface area contributed by atoms with E-state index in [0.717, 1.165) is 29.3 Å². The van der Waals surface area contributed by atoms with E-state index in [1.807, 2.05) is 36.4 Å². The Morgan fingerprint density at radius 2 is 1.89 bits per heavy atom. The Morgan fingerprint density at radius 3 is 2.79 bits per heavy atom. The lowest BCUT2D eigenvalue weighted by molar-refractivity contribution is -0.118. The van der Waals surface area contributed by atoms with Gasteiger partial charge in [0.1, 0.15) is 12.4 Å². The first-order chi connectivity index (χ1) is 13.8. The lowest BCUT2D eigenvalue weighted by Crippen LogP contribution is -2.45. The first-order valence-electron chi connectivity index (χ1n) is 9.44. The molecule has 0 radical (unpaired) electrons. The molecule has 1 amide bonds. The second kappa shape index (κ2) is 7.31. The molecule has 1 aromatic heterocycles. The van der Waals surface area contributed by atoms with Gasteiger partial charge in [0, 0.05) is 0 Å². The van der Waals surface area contributed by atoms with Gasteiger partial charge in [-0.25, -0.2) is 9.69 Å². The minimum Gasteiger partial charge on any atom is -0.486 e. The average Bonchev–Trinajstić information content (AvgIpc) is 3.36. The zero-order chi connectivity index (χ0) is 18.9. The third-order valence-electron chi connectivity index (χ3n) is 5.14. The number of thioether (sulfide) groups is 1. The number of fused-ring (bicyclic) bond motifs is 2. The van der Waals surface area contributed by atoms with Crippen LogP contribution in [0.15, 0.2) is 53.7 Å². The van der Waals surface area contributed by atoms with Gasteiger partial charge in [0.2, 0.25) is 5.16 Å². The summed E-state index contributed by atoms with van der Waals surface area (Å²) in [4.78, 5) is 12.6. The van der Waals surface area contributed by atoms with Gasteiger partial charge in [-0.3, -0.25) is 4.79 Å². The summed E-state index contributed by atoms with van der Waals surface area (Å²) < 4.78 is 7.81. The number of carbonyl (C=O) groups excluding carboxylic acids is 1. The summed E-state index contributed by atoms with van der Waals surface area (Å²) in [5.74, 6) is 1.88. The van der Waals surface area contributed by atoms with Gasteiger partial charge in [0.05, 0.1) is 12.3 Å². The van der Waals surface area contributed by atoms with Gasteiger partial charge < -0.3 is 4.74 Å². The van der Waals surface area contributed by atoms with Crippen LogP contribution in [0.3, 0.4) is 0 Å². The van der Waals surface area contributed by atoms with Crippen LogP contribution in [0.4, 0.5) is 0 Å². The van der Waals surface area contributed by atoms with Gasteiger partial charge in [-0.1, -0.05) is 48.2 Å². The van der Waals surface area contributed by atoms with Gasteiger partial charge >= 0.3 is 0 Å². The molecular weight excluding hydrogens is 372 g/mol. The maximum absolute atomic E-state index is 12.6. The van der Waals surface area contributed by atoms with Crippen LogP contribution >= 0.6 is 11.8 Å². The number of carbonyl (C=O) groups is 1. The molecule has 2 aliphatic rings. The molecule has 6 nitrogen and oxygen atoms in total. The van der Waals surface area contributed by atoms with Crippen LogP contribution in [0, 0.1) is 0 Å². The number of amides is 1. The molecule has 1 aliphatic carbocycles. The van der Waals surface area contributed by atoms with Gasteiger partial charge in [-0.15, -0.1) is 10.2 Å². The van der Waals surface area contributed by atoms with Crippen molar-refractivity contribution in [2.45, 2.75) is 37.6 Å². The first-order valence-corrected chi connectivity index (χ1v) is 10.4. The maximum Gasteiger partial charge on any atom is 0.252 e. The molecule has 5 rings (SSSR count). The Morgan fingerprint density at radius 1 is 1.04 bits per heavy atom. The fourth-order valence-corrected chi connectivity index (χ4v) is 4.56. The quantitative estimate of drug-likeness (QED) is 0.668. The van der Waals surface area contributed by atoms with Crippen molar-refractivity contribution in [3.8, 4) is 5.75 Å². The van der Waals surface area contributed by atoms with Crippen LogP contribution < -0.4 is 9.75 Å². The highest BCUT2D eigenvalue weighted by atomic mass is 32.2. The van der Waals surface area contributed by atoms with Crippen LogP contribution in [0.25, 0.3) is 0 Å². The van der Waals surface area contributed by atoms with Crippen LogP contribution in [-0.2, 0) is 30.8 Å². The number of benzene rings is 2. The second-order valence-corrected chi connectivity index (χ2v) is 7.95. The minimum atomic E-state index is 0.0416. The molecule has 28 heavy (non-hydrogen) atoms. The van der Waals surface area contributed by atoms with E-state index in [9.17, 15) is 4.79 Å². The lowest BCUT2D eigenvalue weighted by atomic mass is 10.1. The van der Waals surface area contributed by atoms with Crippen molar-refractivity contribution in [2.24, 2.45) is 0 Å². The zero-order valence-corrected chi connectivity index (χ0v) is 16.2. The molecule has 0 atom stereocenters. The molecule has 0 unspecified atom stereocenters. The second-order valence-electron chi connectivity index (χ2n) is 7.01. The van der Waals surface area contributed by atoms with Crippen LogP contribution in [0.1, 0.15) is 28.9 Å². The molecule has 1 aliphatic heterocycles. The number of aryl methyl sites for hydroxylation is 2. The summed E-state index contributed by atoms with van der Waals surface area (Å²) in [5, 5.41) is 11.0. The van der Waals surface area contributed by atoms with E-state index in [1.54, 1.807) is 9.69 Å². The highest BCUT2D eigenvalue weighted by molar-refractivity contribution is 7.99. The normalized spacial score (nSPS) is 15.4. The summed E-state index contributed by atoms with van der Waals surface area (Å²) in [6.45, 7) is 0.752. The minimum absolute atomic E-state index is 0.0416. The van der Waals surface area contributed by atoms with E-state index in [0.29, 0.717) is 18.1 Å². The van der Waals surface area contributed by atoms with Crippen molar-refractivity contribution in [1.29, 1.82) is 0 Å². The molecule has 0 N–H and O–H groups in total. The van der Waals surface area contributed by atoms with E-state index < -0.39 is 0 Å². The first kappa shape index (κ1) is 17.3. The molecule has 0 fully saturated rings. The molecule has 0 saturated carbocycles. The summed E-state index contributed by atoms with van der Waals surface area (Å²) in [6, 6.07) is 16.2. The predicted molar refractivity (Wildman–Crippen MR) is 107 cm³/mol. The third-order valence-corrected chi connectivity index (χ3v) is 6.05. The molecule has 3 aromatic rings. The standard InChI is InChI=1S/C21H20N4O2S/c26-20-14-28-21-23-22-19(25(21)24(20)12-15-5-2-1-3-6-15)13-27-18-10-9-16-7-4-8-17(16)11-18/h1-3,5-6,9-11H,4,7-8,12-14H2. The summed E-state index contributed by atoms with van der Waals surface area (Å²) in [5.41, 5.74) is 3.85. The molecule has 2 heterocycles. The number of hydrogen-bond acceptors (Lipinski definition) is 5. The van der Waals surface area contributed by atoms with Gasteiger partial charge in [0.15, 0.2) is 5.82 Å². The molecule has 7 heteroatoms. The fourth-order valence-electron chi connectivity index (χ4n) is 3.73. The highest BCUT2D eigenvalue weighted by Gasteiger charge is 2.29. The highest BCUT2D eigenvalue weighted by Crippen LogP contribution is 2.28. The monoisotopic (exact) mass is 392 g/mol. The number of ether oxygens (including phenoxy) is 1. The van der Waals surface area contributed by atoms with Gasteiger partial charge in [0.25, 0.3) is 5.91 Å². The Labute approximate surface area is 167 Å². The number of aromatic nitrogens is 3. The summed E-state index contributed by atoms with van der Waals surface area (Å²) in [6.07, 6.45) is 3.48. The van der Waals surface area contributed by atoms with Crippen molar-refractivity contribution in [1.82, 2.24) is 14.9 Å². The fraction of sp³-hybridized carbons (Fsp3) is 0.286. The van der Waals surface area contributed by atoms with Crippen LogP contribution in [-0.4, -0.2) is 26.5 Å². The molecule has 0 spiro atoms. The van der Waals surface area contributed by atoms with Crippen molar-refractivity contribution in [3.63, 3.8) is 0 Å². The van der Waals surface area contributed by atoms with Gasteiger partial charge in [-0.2, -0.15) is 0 Å². The molecule has 2 aromatic carbocycles.